The molecule has 0 N–H and O–H groups in total. The van der Waals surface area contributed by atoms with Gasteiger partial charge in [-0.15, -0.1) is 11.8 Å². The summed E-state index contributed by atoms with van der Waals surface area (Å²) in [4.78, 5) is 44.1. The van der Waals surface area contributed by atoms with Crippen molar-refractivity contribution in [1.82, 2.24) is 9.88 Å². The molecule has 13 heteroatoms. The first-order chi connectivity index (χ1) is 16.4. The molecule has 0 saturated carbocycles. The van der Waals surface area contributed by atoms with E-state index in [1.807, 2.05) is 24.5 Å². The number of nitrogens with zero attached hydrogens (tertiary/aromatic N) is 5. The second-order valence-corrected chi connectivity index (χ2v) is 9.32. The molecule has 0 aliphatic carbocycles. The van der Waals surface area contributed by atoms with E-state index in [0.717, 1.165) is 46.4 Å². The first-order valence-corrected chi connectivity index (χ1v) is 12.4. The number of thiazole rings is 1. The maximum atomic E-state index is 13.6. The zero-order valence-electron chi connectivity index (χ0n) is 18.2. The number of carbonyl (C=O) groups is 1. The Morgan fingerprint density at radius 1 is 1.18 bits per heavy atom. The molecule has 11 nitrogen and oxygen atoms in total. The summed E-state index contributed by atoms with van der Waals surface area (Å²) in [6.45, 7) is 3.45. The van der Waals surface area contributed by atoms with Crippen molar-refractivity contribution >= 4 is 55.7 Å². The highest BCUT2D eigenvalue weighted by atomic mass is 32.2. The number of morpholine rings is 1. The molecule has 2 aromatic carbocycles. The molecule has 0 atom stereocenters. The van der Waals surface area contributed by atoms with Crippen molar-refractivity contribution < 1.29 is 19.4 Å². The van der Waals surface area contributed by atoms with E-state index < -0.39 is 27.1 Å². The Hall–Kier alpha value is -3.13. The summed E-state index contributed by atoms with van der Waals surface area (Å²) in [5.74, 6) is -0.579. The lowest BCUT2D eigenvalue weighted by Gasteiger charge is -2.29. The molecule has 0 radical (unpaired) electrons. The number of carbonyl (C=O) groups excluding carboxylic acids is 1. The van der Waals surface area contributed by atoms with Crippen LogP contribution in [0.2, 0.25) is 0 Å². The first kappa shape index (κ1) is 24.0. The smallest absolute Gasteiger partial charge is 0.277 e. The lowest BCUT2D eigenvalue weighted by atomic mass is 10.1. The fourth-order valence-electron chi connectivity index (χ4n) is 3.63. The van der Waals surface area contributed by atoms with Gasteiger partial charge in [0.25, 0.3) is 17.3 Å². The number of hydrogen-bond acceptors (Lipinski definition) is 10. The van der Waals surface area contributed by atoms with E-state index in [1.165, 1.54) is 16.2 Å². The fraction of sp³-hybridized carbons (Fsp3) is 0.333. The quantitative estimate of drug-likeness (QED) is 0.256. The maximum Gasteiger partial charge on any atom is 0.277 e. The molecule has 1 aliphatic rings. The molecule has 0 spiro atoms. The number of benzene rings is 2. The van der Waals surface area contributed by atoms with Crippen LogP contribution in [-0.2, 0) is 4.74 Å². The molecule has 1 saturated heterocycles. The molecule has 34 heavy (non-hydrogen) atoms. The number of anilines is 1. The summed E-state index contributed by atoms with van der Waals surface area (Å²) in [6, 6.07) is 8.76. The van der Waals surface area contributed by atoms with Crippen LogP contribution in [0.15, 0.2) is 41.3 Å². The summed E-state index contributed by atoms with van der Waals surface area (Å²) in [7, 11) is 0. The minimum atomic E-state index is -0.746. The van der Waals surface area contributed by atoms with Crippen LogP contribution in [0.3, 0.4) is 0 Å². The number of fused-ring (bicyclic) bond motifs is 1. The van der Waals surface area contributed by atoms with Gasteiger partial charge in [0.15, 0.2) is 5.13 Å². The third-order valence-electron chi connectivity index (χ3n) is 5.38. The average Bonchev–Trinajstić information content (AvgIpc) is 3.28. The minimum Gasteiger partial charge on any atom is -0.379 e. The van der Waals surface area contributed by atoms with E-state index in [-0.39, 0.29) is 12.1 Å². The van der Waals surface area contributed by atoms with Gasteiger partial charge < -0.3 is 4.74 Å². The molecule has 1 amide bonds. The topological polar surface area (TPSA) is 132 Å². The molecule has 2 heterocycles. The number of amides is 1. The fourth-order valence-corrected chi connectivity index (χ4v) is 5.27. The van der Waals surface area contributed by atoms with Crippen molar-refractivity contribution in [2.45, 2.75) is 4.90 Å². The number of ether oxygens (including phenoxy) is 1. The van der Waals surface area contributed by atoms with Crippen molar-refractivity contribution in [3.63, 3.8) is 0 Å². The number of aromatic nitrogens is 1. The molecule has 1 aliphatic heterocycles. The second-order valence-electron chi connectivity index (χ2n) is 7.47. The maximum absolute atomic E-state index is 13.6. The van der Waals surface area contributed by atoms with Crippen molar-refractivity contribution in [3.8, 4) is 0 Å². The average molecular weight is 504 g/mol. The Labute approximate surface area is 202 Å². The Bertz CT molecular complexity index is 1210. The van der Waals surface area contributed by atoms with Gasteiger partial charge in [0.2, 0.25) is 0 Å². The highest BCUT2D eigenvalue weighted by Gasteiger charge is 2.27. The summed E-state index contributed by atoms with van der Waals surface area (Å²) in [5.41, 5.74) is -0.393. The first-order valence-electron chi connectivity index (χ1n) is 10.4. The van der Waals surface area contributed by atoms with Crippen LogP contribution in [0.5, 0.6) is 0 Å². The van der Waals surface area contributed by atoms with E-state index in [2.05, 4.69) is 4.90 Å². The zero-order valence-corrected chi connectivity index (χ0v) is 19.8. The van der Waals surface area contributed by atoms with Crippen LogP contribution in [0, 0.1) is 20.2 Å². The van der Waals surface area contributed by atoms with Crippen LogP contribution in [0.4, 0.5) is 16.5 Å². The predicted octanol–water partition coefficient (Wildman–Crippen LogP) is 3.81. The van der Waals surface area contributed by atoms with Crippen LogP contribution in [-0.4, -0.2) is 71.3 Å². The number of nitro groups is 2. The lowest BCUT2D eigenvalue weighted by Crippen LogP contribution is -2.43. The molecular weight excluding hydrogens is 482 g/mol. The predicted molar refractivity (Wildman–Crippen MR) is 130 cm³/mol. The molecule has 4 rings (SSSR count). The lowest BCUT2D eigenvalue weighted by molar-refractivity contribution is -0.394. The Morgan fingerprint density at radius 2 is 1.85 bits per heavy atom. The van der Waals surface area contributed by atoms with Crippen molar-refractivity contribution in [2.24, 2.45) is 0 Å². The van der Waals surface area contributed by atoms with Gasteiger partial charge in [-0.25, -0.2) is 4.98 Å². The van der Waals surface area contributed by atoms with E-state index in [1.54, 1.807) is 11.8 Å². The van der Waals surface area contributed by atoms with Crippen molar-refractivity contribution in [1.29, 1.82) is 0 Å². The third kappa shape index (κ3) is 5.17. The van der Waals surface area contributed by atoms with Gasteiger partial charge in [-0.05, 0) is 18.4 Å². The van der Waals surface area contributed by atoms with E-state index in [0.29, 0.717) is 24.9 Å². The normalized spacial score (nSPS) is 14.3. The standard InChI is InChI=1S/C21H21N5O6S2/c1-33-17-3-2-4-18-19(17)22-21(34-18)24(6-5-23-7-9-32-10-8-23)20(27)14-11-15(25(28)29)13-16(12-14)26(30)31/h2-4,11-13H,5-10H2,1H3. The SMILES string of the molecule is CSc1cccc2sc(N(CCN3CCOCC3)C(=O)c3cc([N+](=O)[O-])cc([N+](=O)[O-])c3)nc12. The van der Waals surface area contributed by atoms with Crippen molar-refractivity contribution in [2.75, 3.05) is 50.5 Å². The minimum absolute atomic E-state index is 0.132. The van der Waals surface area contributed by atoms with Crippen LogP contribution in [0.25, 0.3) is 10.2 Å². The summed E-state index contributed by atoms with van der Waals surface area (Å²) >= 11 is 2.88. The van der Waals surface area contributed by atoms with Gasteiger partial charge in [0, 0.05) is 43.2 Å². The monoisotopic (exact) mass is 503 g/mol. The number of rotatable bonds is 8. The van der Waals surface area contributed by atoms with Gasteiger partial charge >= 0.3 is 0 Å². The van der Waals surface area contributed by atoms with E-state index in [4.69, 9.17) is 9.72 Å². The van der Waals surface area contributed by atoms with Crippen molar-refractivity contribution in [3.05, 3.63) is 62.2 Å². The van der Waals surface area contributed by atoms with Gasteiger partial charge in [0.1, 0.15) is 0 Å². The number of thioether (sulfide) groups is 1. The zero-order chi connectivity index (χ0) is 24.2. The Morgan fingerprint density at radius 3 is 2.47 bits per heavy atom. The largest absolute Gasteiger partial charge is 0.379 e. The van der Waals surface area contributed by atoms with E-state index >= 15 is 0 Å². The molecular formula is C21H21N5O6S2. The summed E-state index contributed by atoms with van der Waals surface area (Å²) in [5, 5.41) is 23.1. The van der Waals surface area contributed by atoms with E-state index in [9.17, 15) is 25.0 Å². The number of para-hydroxylation sites is 1. The number of non-ortho nitro benzene ring substituents is 2. The Kier molecular flexibility index (Phi) is 7.36. The second kappa shape index (κ2) is 10.4. The highest BCUT2D eigenvalue weighted by molar-refractivity contribution is 7.98. The molecule has 1 fully saturated rings. The van der Waals surface area contributed by atoms with Gasteiger partial charge in [0.05, 0.1) is 44.9 Å². The van der Waals surface area contributed by atoms with Gasteiger partial charge in [-0.3, -0.25) is 34.8 Å². The van der Waals surface area contributed by atoms with Gasteiger partial charge in [-0.1, -0.05) is 17.4 Å². The van der Waals surface area contributed by atoms with Gasteiger partial charge in [-0.2, -0.15) is 0 Å². The summed E-state index contributed by atoms with van der Waals surface area (Å²) < 4.78 is 6.28. The molecule has 0 bridgehead atoms. The number of nitro benzene ring substituents is 2. The molecule has 178 valence electrons. The molecule has 0 unspecified atom stereocenters. The summed E-state index contributed by atoms with van der Waals surface area (Å²) in [6.07, 6.45) is 1.94. The molecule has 3 aromatic rings. The van der Waals surface area contributed by atoms with Crippen LogP contribution < -0.4 is 4.90 Å². The highest BCUT2D eigenvalue weighted by Crippen LogP contribution is 2.35. The number of hydrogen-bond donors (Lipinski definition) is 0. The van der Waals surface area contributed by atoms with Crippen LogP contribution >= 0.6 is 23.1 Å². The Balaban J connectivity index is 1.74. The molecule has 1 aromatic heterocycles. The van der Waals surface area contributed by atoms with Crippen LogP contribution in [0.1, 0.15) is 10.4 Å². The third-order valence-corrected chi connectivity index (χ3v) is 7.19.